The van der Waals surface area contributed by atoms with Crippen molar-refractivity contribution in [2.75, 3.05) is 30.0 Å². The van der Waals surface area contributed by atoms with E-state index in [9.17, 15) is 19.1 Å². The lowest BCUT2D eigenvalue weighted by Gasteiger charge is -2.59. The summed E-state index contributed by atoms with van der Waals surface area (Å²) in [6.45, 7) is 2.22. The van der Waals surface area contributed by atoms with Crippen LogP contribution in [-0.4, -0.2) is 74.4 Å². The van der Waals surface area contributed by atoms with Gasteiger partial charge >= 0.3 is 5.97 Å². The second kappa shape index (κ2) is 13.6. The molecule has 4 heterocycles. The zero-order valence-electron chi connectivity index (χ0n) is 30.8. The summed E-state index contributed by atoms with van der Waals surface area (Å²) in [5.74, 6) is -4.39. The van der Waals surface area contributed by atoms with Gasteiger partial charge in [-0.2, -0.15) is 8.78 Å². The molecule has 5 saturated carbocycles. The Labute approximate surface area is 317 Å². The summed E-state index contributed by atoms with van der Waals surface area (Å²) < 4.78 is 56.4. The lowest BCUT2D eigenvalue weighted by atomic mass is 9.48. The molecule has 5 aliphatic carbocycles. The molecule has 0 radical (unpaired) electrons. The molecule has 4 bridgehead atoms. The first kappa shape index (κ1) is 36.1. The van der Waals surface area contributed by atoms with E-state index in [1.165, 1.54) is 0 Å². The van der Waals surface area contributed by atoms with Crippen LogP contribution in [0.4, 0.5) is 30.8 Å². The standard InChI is InChI=1S/C40H46F3N7O5/c1-38(42,43)33-30(34(51)49-40(35(52)53)24-13-22-12-23(15-24)16-25(40)14-22)20-46-37(48-33)50-21-39(8-10-54-11-9-39)31-17-29(6-7-32(31)50)55-28-4-2-27(3-5-28)47-36-44-18-26(41)19-45-36/h6-7,17-20,22-25,27-28H,2-5,8-16,21H2,1H3,(H,49,51)(H,52,53)(H,44,45,47)/t22?,23?,24?,25?,27-,28-,40?. The summed E-state index contributed by atoms with van der Waals surface area (Å²) in [6.07, 6.45) is 12.1. The number of hydrogen-bond donors (Lipinski definition) is 3. The zero-order chi connectivity index (χ0) is 38.1. The number of hydrogen-bond acceptors (Lipinski definition) is 10. The average Bonchev–Trinajstić information content (AvgIpc) is 3.46. The minimum absolute atomic E-state index is 0.0103. The summed E-state index contributed by atoms with van der Waals surface area (Å²) in [5.41, 5.74) is -1.21. The Morgan fingerprint density at radius 1 is 0.964 bits per heavy atom. The minimum atomic E-state index is -3.51. The summed E-state index contributed by atoms with van der Waals surface area (Å²) in [6, 6.07) is 6.00. The van der Waals surface area contributed by atoms with Gasteiger partial charge < -0.3 is 30.1 Å². The minimum Gasteiger partial charge on any atom is -0.490 e. The molecular weight excluding hydrogens is 715 g/mol. The first-order valence-corrected chi connectivity index (χ1v) is 19.6. The van der Waals surface area contributed by atoms with Gasteiger partial charge in [-0.05, 0) is 118 Å². The van der Waals surface area contributed by atoms with Crippen molar-refractivity contribution in [1.82, 2.24) is 25.3 Å². The van der Waals surface area contributed by atoms with Crippen LogP contribution >= 0.6 is 0 Å². The Kier molecular flexibility index (Phi) is 8.93. The zero-order valence-corrected chi connectivity index (χ0v) is 30.8. The van der Waals surface area contributed by atoms with E-state index in [2.05, 4.69) is 30.6 Å². The number of aromatic nitrogens is 4. The molecule has 15 heteroatoms. The van der Waals surface area contributed by atoms with Crippen LogP contribution in [0.1, 0.15) is 99.2 Å². The molecule has 1 aromatic carbocycles. The number of fused-ring (bicyclic) bond motifs is 2. The van der Waals surface area contributed by atoms with Crippen molar-refractivity contribution >= 4 is 29.5 Å². The number of ether oxygens (including phenoxy) is 2. The fourth-order valence-electron chi connectivity index (χ4n) is 11.0. The van der Waals surface area contributed by atoms with Gasteiger partial charge in [-0.3, -0.25) is 4.79 Å². The van der Waals surface area contributed by atoms with E-state index in [1.54, 1.807) is 0 Å². The fourth-order valence-corrected chi connectivity index (χ4v) is 11.0. The van der Waals surface area contributed by atoms with Crippen LogP contribution in [0.5, 0.6) is 5.75 Å². The predicted octanol–water partition coefficient (Wildman–Crippen LogP) is 6.53. The van der Waals surface area contributed by atoms with Crippen LogP contribution in [0.3, 0.4) is 0 Å². The van der Waals surface area contributed by atoms with Gasteiger partial charge in [-0.15, -0.1) is 0 Å². The molecule has 1 amide bonds. The molecule has 3 N–H and O–H groups in total. The van der Waals surface area contributed by atoms with E-state index in [4.69, 9.17) is 9.47 Å². The number of aliphatic carboxylic acids is 1. The molecule has 6 fully saturated rings. The van der Waals surface area contributed by atoms with Crippen molar-refractivity contribution < 1.29 is 37.3 Å². The number of halogens is 3. The first-order valence-electron chi connectivity index (χ1n) is 19.6. The molecule has 292 valence electrons. The molecule has 1 spiro atoms. The number of benzene rings is 1. The van der Waals surface area contributed by atoms with Gasteiger partial charge in [-0.25, -0.2) is 29.1 Å². The molecule has 1 saturated heterocycles. The van der Waals surface area contributed by atoms with Gasteiger partial charge in [0.2, 0.25) is 11.9 Å². The Morgan fingerprint density at radius 2 is 1.64 bits per heavy atom. The molecule has 3 aromatic rings. The van der Waals surface area contributed by atoms with Gasteiger partial charge in [0.1, 0.15) is 17.0 Å². The van der Waals surface area contributed by atoms with Crippen LogP contribution in [0, 0.1) is 29.5 Å². The number of alkyl halides is 2. The van der Waals surface area contributed by atoms with Gasteiger partial charge in [0.15, 0.2) is 5.82 Å². The van der Waals surface area contributed by atoms with Crippen LogP contribution < -0.4 is 20.3 Å². The molecule has 55 heavy (non-hydrogen) atoms. The number of nitrogens with one attached hydrogen (secondary N) is 2. The van der Waals surface area contributed by atoms with Crippen LogP contribution in [0.2, 0.25) is 0 Å². The first-order chi connectivity index (χ1) is 26.4. The number of rotatable bonds is 9. The summed E-state index contributed by atoms with van der Waals surface area (Å²) >= 11 is 0. The second-order valence-electron chi connectivity index (χ2n) is 16.9. The van der Waals surface area contributed by atoms with Crippen molar-refractivity contribution in [1.29, 1.82) is 0 Å². The second-order valence-corrected chi connectivity index (χ2v) is 16.9. The van der Waals surface area contributed by atoms with E-state index in [0.717, 1.165) is 67.7 Å². The van der Waals surface area contributed by atoms with Crippen molar-refractivity contribution in [3.63, 3.8) is 0 Å². The highest BCUT2D eigenvalue weighted by atomic mass is 19.3. The third kappa shape index (κ3) is 6.45. The van der Waals surface area contributed by atoms with Crippen molar-refractivity contribution in [3.05, 3.63) is 59.4 Å². The molecule has 7 aliphatic rings. The van der Waals surface area contributed by atoms with E-state index in [0.29, 0.717) is 83.0 Å². The topological polar surface area (TPSA) is 152 Å². The number of nitrogens with zero attached hydrogens (tertiary/aromatic N) is 5. The highest BCUT2D eigenvalue weighted by Gasteiger charge is 2.62. The lowest BCUT2D eigenvalue weighted by Crippen LogP contribution is -2.70. The van der Waals surface area contributed by atoms with Crippen LogP contribution in [0.15, 0.2) is 36.8 Å². The summed E-state index contributed by atoms with van der Waals surface area (Å²) in [4.78, 5) is 45.7. The predicted molar refractivity (Wildman–Crippen MR) is 194 cm³/mol. The van der Waals surface area contributed by atoms with Gasteiger partial charge in [0.25, 0.3) is 11.8 Å². The summed E-state index contributed by atoms with van der Waals surface area (Å²) in [5, 5.41) is 16.6. The van der Waals surface area contributed by atoms with Gasteiger partial charge in [-0.1, -0.05) is 0 Å². The maximum atomic E-state index is 15.5. The molecule has 12 nitrogen and oxygen atoms in total. The molecular formula is C40H46F3N7O5. The quantitative estimate of drug-likeness (QED) is 0.218. The molecule has 2 aromatic heterocycles. The normalized spacial score (nSPS) is 30.6. The van der Waals surface area contributed by atoms with Crippen LogP contribution in [-0.2, 0) is 20.9 Å². The number of carbonyl (C=O) groups excluding carboxylic acids is 1. The lowest BCUT2D eigenvalue weighted by molar-refractivity contribution is -0.163. The third-order valence-corrected chi connectivity index (χ3v) is 13.4. The highest BCUT2D eigenvalue weighted by molar-refractivity contribution is 5.99. The van der Waals surface area contributed by atoms with E-state index in [-0.39, 0.29) is 35.3 Å². The van der Waals surface area contributed by atoms with Crippen molar-refractivity contribution in [2.24, 2.45) is 23.7 Å². The number of amides is 1. The van der Waals surface area contributed by atoms with Gasteiger partial charge in [0, 0.05) is 50.0 Å². The third-order valence-electron chi connectivity index (χ3n) is 13.4. The van der Waals surface area contributed by atoms with E-state index in [1.807, 2.05) is 23.1 Å². The molecule has 10 rings (SSSR count). The average molecular weight is 762 g/mol. The van der Waals surface area contributed by atoms with Gasteiger partial charge in [0.05, 0.1) is 24.1 Å². The van der Waals surface area contributed by atoms with E-state index >= 15 is 8.78 Å². The molecule has 2 aliphatic heterocycles. The maximum Gasteiger partial charge on any atom is 0.330 e. The Balaban J connectivity index is 0.960. The monoisotopic (exact) mass is 761 g/mol. The molecule has 0 unspecified atom stereocenters. The van der Waals surface area contributed by atoms with Crippen molar-refractivity contribution in [2.45, 2.75) is 107 Å². The Morgan fingerprint density at radius 3 is 2.27 bits per heavy atom. The van der Waals surface area contributed by atoms with Crippen molar-refractivity contribution in [3.8, 4) is 5.75 Å². The number of anilines is 3. The Hall–Kier alpha value is -4.53. The number of carbonyl (C=O) groups is 2. The SMILES string of the molecule is CC(F)(F)c1nc(N2CC3(CCOCC3)c3cc(O[C@H]4CC[C@H](Nc5ncc(F)cn5)CC4)ccc32)ncc1C(=O)NC1(C(=O)O)C2CC3CC(C2)CC1C3. The Bertz CT molecular complexity index is 1930. The fraction of sp³-hybridized carbons (Fsp3) is 0.600. The number of carboxylic acids is 1. The smallest absolute Gasteiger partial charge is 0.330 e. The molecule has 0 atom stereocenters. The maximum absolute atomic E-state index is 15.5. The highest BCUT2D eigenvalue weighted by Crippen LogP contribution is 2.58. The van der Waals surface area contributed by atoms with Crippen LogP contribution in [0.25, 0.3) is 0 Å². The number of carboxylic acid groups (broad SMARTS) is 1. The summed E-state index contributed by atoms with van der Waals surface area (Å²) in [7, 11) is 0. The largest absolute Gasteiger partial charge is 0.490 e. The van der Waals surface area contributed by atoms with E-state index < -0.39 is 40.4 Å².